The van der Waals surface area contributed by atoms with Crippen molar-refractivity contribution in [3.8, 4) is 0 Å². The Morgan fingerprint density at radius 1 is 1.33 bits per heavy atom. The van der Waals surface area contributed by atoms with Gasteiger partial charge in [0.25, 0.3) is 5.91 Å². The van der Waals surface area contributed by atoms with Crippen molar-refractivity contribution in [3.05, 3.63) is 47.4 Å². The molecule has 2 rings (SSSR count). The van der Waals surface area contributed by atoms with Gasteiger partial charge in [0.15, 0.2) is 0 Å². The molecule has 0 saturated carbocycles. The highest BCUT2D eigenvalue weighted by Crippen LogP contribution is 2.19. The first-order valence-electron chi connectivity index (χ1n) is 5.25. The Bertz CT molecular complexity index is 559. The maximum Gasteiger partial charge on any atom is 0.257 e. The van der Waals surface area contributed by atoms with Gasteiger partial charge >= 0.3 is 0 Å². The third kappa shape index (κ3) is 2.75. The summed E-state index contributed by atoms with van der Waals surface area (Å²) in [6.07, 6.45) is 4.64. The van der Waals surface area contributed by atoms with Crippen LogP contribution in [0.15, 0.2) is 36.8 Å². The molecule has 0 saturated heterocycles. The number of nitrogens with zero attached hydrogens (tertiary/aromatic N) is 2. The lowest BCUT2D eigenvalue weighted by molar-refractivity contribution is 0.102. The van der Waals surface area contributed by atoms with Crippen molar-refractivity contribution < 1.29 is 4.79 Å². The molecule has 2 aromatic rings. The normalized spacial score (nSPS) is 9.89. The number of hydrogen-bond donors (Lipinski definition) is 2. The molecule has 0 radical (unpaired) electrons. The van der Waals surface area contributed by atoms with E-state index in [0.29, 0.717) is 22.1 Å². The van der Waals surface area contributed by atoms with Gasteiger partial charge in [0, 0.05) is 31.3 Å². The van der Waals surface area contributed by atoms with E-state index in [2.05, 4.69) is 20.6 Å². The molecule has 0 aliphatic carbocycles. The van der Waals surface area contributed by atoms with Gasteiger partial charge in [-0.1, -0.05) is 11.6 Å². The average Bonchev–Trinajstić information content (AvgIpc) is 2.40. The highest BCUT2D eigenvalue weighted by atomic mass is 35.5. The van der Waals surface area contributed by atoms with Crippen molar-refractivity contribution in [3.63, 3.8) is 0 Å². The number of carbonyl (C=O) groups excluding carboxylic acids is 1. The summed E-state index contributed by atoms with van der Waals surface area (Å²) in [5.74, 6) is 0.296. The van der Waals surface area contributed by atoms with E-state index in [4.69, 9.17) is 11.6 Å². The minimum atomic E-state index is -0.287. The van der Waals surface area contributed by atoms with Gasteiger partial charge in [-0.05, 0) is 18.2 Å². The molecule has 0 aliphatic rings. The van der Waals surface area contributed by atoms with Crippen LogP contribution in [0.3, 0.4) is 0 Å². The Labute approximate surface area is 109 Å². The molecule has 18 heavy (non-hydrogen) atoms. The molecule has 6 heteroatoms. The molecule has 92 valence electrons. The monoisotopic (exact) mass is 262 g/mol. The number of anilines is 2. The van der Waals surface area contributed by atoms with E-state index in [1.54, 1.807) is 37.6 Å². The van der Waals surface area contributed by atoms with Crippen LogP contribution in [0.5, 0.6) is 0 Å². The highest BCUT2D eigenvalue weighted by Gasteiger charge is 2.12. The summed E-state index contributed by atoms with van der Waals surface area (Å²) in [6, 6.07) is 5.00. The topological polar surface area (TPSA) is 66.9 Å². The van der Waals surface area contributed by atoms with Crippen LogP contribution in [0.2, 0.25) is 5.02 Å². The average molecular weight is 263 g/mol. The van der Waals surface area contributed by atoms with Gasteiger partial charge in [-0.25, -0.2) is 4.98 Å². The Morgan fingerprint density at radius 2 is 2.06 bits per heavy atom. The number of carbonyl (C=O) groups is 1. The van der Waals surface area contributed by atoms with Crippen molar-refractivity contribution in [2.45, 2.75) is 0 Å². The van der Waals surface area contributed by atoms with Gasteiger partial charge in [-0.2, -0.15) is 0 Å². The van der Waals surface area contributed by atoms with E-state index in [-0.39, 0.29) is 5.91 Å². The first-order chi connectivity index (χ1) is 8.70. The third-order valence-corrected chi connectivity index (χ3v) is 2.60. The quantitative estimate of drug-likeness (QED) is 0.892. The molecule has 0 aromatic carbocycles. The Balaban J connectivity index is 2.23. The fraction of sp³-hybridized carbons (Fsp3) is 0.0833. The minimum absolute atomic E-state index is 0.287. The maximum atomic E-state index is 12.0. The first kappa shape index (κ1) is 12.3. The predicted molar refractivity (Wildman–Crippen MR) is 71.0 cm³/mol. The zero-order valence-electron chi connectivity index (χ0n) is 9.64. The molecule has 2 heterocycles. The first-order valence-corrected chi connectivity index (χ1v) is 5.63. The number of pyridine rings is 2. The lowest BCUT2D eigenvalue weighted by Gasteiger charge is -2.07. The number of nitrogens with one attached hydrogen (secondary N) is 2. The molecule has 0 spiro atoms. The second kappa shape index (κ2) is 5.46. The van der Waals surface area contributed by atoms with Crippen LogP contribution in [0.1, 0.15) is 10.4 Å². The number of rotatable bonds is 3. The van der Waals surface area contributed by atoms with Gasteiger partial charge in [0.2, 0.25) is 0 Å². The van der Waals surface area contributed by atoms with Gasteiger partial charge in [-0.15, -0.1) is 0 Å². The molecular weight excluding hydrogens is 252 g/mol. The summed E-state index contributed by atoms with van der Waals surface area (Å²) in [5.41, 5.74) is 1.03. The van der Waals surface area contributed by atoms with Gasteiger partial charge < -0.3 is 10.6 Å². The molecule has 0 aliphatic heterocycles. The minimum Gasteiger partial charge on any atom is -0.373 e. The number of amides is 1. The maximum absolute atomic E-state index is 12.0. The van der Waals surface area contributed by atoms with Gasteiger partial charge in [0.1, 0.15) is 5.82 Å². The zero-order chi connectivity index (χ0) is 13.0. The molecule has 5 nitrogen and oxygen atoms in total. The van der Waals surface area contributed by atoms with Crippen LogP contribution in [0.25, 0.3) is 0 Å². The fourth-order valence-electron chi connectivity index (χ4n) is 1.38. The van der Waals surface area contributed by atoms with Gasteiger partial charge in [-0.3, -0.25) is 9.78 Å². The molecular formula is C12H11ClN4O. The second-order valence-electron chi connectivity index (χ2n) is 3.49. The molecule has 0 bridgehead atoms. The second-order valence-corrected chi connectivity index (χ2v) is 3.90. The van der Waals surface area contributed by atoms with Crippen LogP contribution < -0.4 is 10.6 Å². The zero-order valence-corrected chi connectivity index (χ0v) is 10.4. The largest absolute Gasteiger partial charge is 0.373 e. The van der Waals surface area contributed by atoms with Crippen LogP contribution in [0.4, 0.5) is 11.5 Å². The SMILES string of the molecule is CNc1cc(C(=O)Nc2ccncc2)c(Cl)cn1. The van der Waals surface area contributed by atoms with Crippen LogP contribution >= 0.6 is 11.6 Å². The van der Waals surface area contributed by atoms with Crippen LogP contribution in [-0.2, 0) is 0 Å². The predicted octanol–water partition coefficient (Wildman–Crippen LogP) is 2.42. The van der Waals surface area contributed by atoms with Gasteiger partial charge in [0.05, 0.1) is 10.6 Å². The number of halogens is 1. The summed E-state index contributed by atoms with van der Waals surface area (Å²) in [7, 11) is 1.72. The van der Waals surface area contributed by atoms with E-state index >= 15 is 0 Å². The van der Waals surface area contributed by atoms with Crippen LogP contribution in [-0.4, -0.2) is 22.9 Å². The van der Waals surface area contributed by atoms with Crippen molar-refractivity contribution in [2.75, 3.05) is 17.7 Å². The van der Waals surface area contributed by atoms with E-state index in [1.165, 1.54) is 6.20 Å². The van der Waals surface area contributed by atoms with E-state index in [0.717, 1.165) is 0 Å². The molecule has 0 unspecified atom stereocenters. The molecule has 2 N–H and O–H groups in total. The van der Waals surface area contributed by atoms with Crippen molar-refractivity contribution in [2.24, 2.45) is 0 Å². The summed E-state index contributed by atoms with van der Waals surface area (Å²) < 4.78 is 0. The smallest absolute Gasteiger partial charge is 0.257 e. The Hall–Kier alpha value is -2.14. The number of aromatic nitrogens is 2. The summed E-state index contributed by atoms with van der Waals surface area (Å²) >= 11 is 5.95. The van der Waals surface area contributed by atoms with E-state index < -0.39 is 0 Å². The van der Waals surface area contributed by atoms with Crippen molar-refractivity contribution >= 4 is 29.0 Å². The van der Waals surface area contributed by atoms with Crippen molar-refractivity contribution in [1.29, 1.82) is 0 Å². The van der Waals surface area contributed by atoms with E-state index in [9.17, 15) is 4.79 Å². The number of hydrogen-bond acceptors (Lipinski definition) is 4. The fourth-order valence-corrected chi connectivity index (χ4v) is 1.57. The lowest BCUT2D eigenvalue weighted by Crippen LogP contribution is -2.13. The lowest BCUT2D eigenvalue weighted by atomic mass is 10.2. The third-order valence-electron chi connectivity index (χ3n) is 2.29. The summed E-state index contributed by atoms with van der Waals surface area (Å²) in [4.78, 5) is 19.9. The molecule has 1 amide bonds. The van der Waals surface area contributed by atoms with Crippen LogP contribution in [0, 0.1) is 0 Å². The summed E-state index contributed by atoms with van der Waals surface area (Å²) in [5, 5.41) is 5.89. The Morgan fingerprint density at radius 3 is 2.72 bits per heavy atom. The van der Waals surface area contributed by atoms with Crippen molar-refractivity contribution in [1.82, 2.24) is 9.97 Å². The molecule has 0 atom stereocenters. The molecule has 0 fully saturated rings. The van der Waals surface area contributed by atoms with E-state index in [1.807, 2.05) is 0 Å². The summed E-state index contributed by atoms with van der Waals surface area (Å²) in [6.45, 7) is 0. The standard InChI is InChI=1S/C12H11ClN4O/c1-14-11-6-9(10(13)7-16-11)12(18)17-8-2-4-15-5-3-8/h2-7H,1H3,(H,14,16)(H,15,17,18). The highest BCUT2D eigenvalue weighted by molar-refractivity contribution is 6.34. The molecule has 2 aromatic heterocycles. The Kier molecular flexibility index (Phi) is 3.74.